The number of carbonyl (C=O) groups is 1. The van der Waals surface area contributed by atoms with Crippen LogP contribution in [-0.4, -0.2) is 37.4 Å². The van der Waals surface area contributed by atoms with E-state index in [1.54, 1.807) is 29.1 Å². The predicted octanol–water partition coefficient (Wildman–Crippen LogP) is 2.02. The first kappa shape index (κ1) is 15.3. The van der Waals surface area contributed by atoms with Crippen molar-refractivity contribution >= 4 is 16.8 Å². The van der Waals surface area contributed by atoms with E-state index in [4.69, 9.17) is 4.98 Å². The second kappa shape index (κ2) is 5.76. The van der Waals surface area contributed by atoms with Crippen LogP contribution in [0.5, 0.6) is 0 Å². The number of hydrogen-bond donors (Lipinski definition) is 0. The quantitative estimate of drug-likeness (QED) is 0.676. The van der Waals surface area contributed by atoms with Gasteiger partial charge in [0.15, 0.2) is 0 Å². The van der Waals surface area contributed by atoms with Crippen LogP contribution < -0.4 is 5.56 Å². The van der Waals surface area contributed by atoms with Crippen LogP contribution in [0, 0.1) is 0 Å². The normalized spacial score (nSPS) is 21.5. The number of hydrogen-bond acceptors (Lipinski definition) is 4. The molecule has 1 fully saturated rings. The van der Waals surface area contributed by atoms with Crippen LogP contribution in [0.15, 0.2) is 53.6 Å². The van der Waals surface area contributed by atoms with Gasteiger partial charge < -0.3 is 4.90 Å². The Bertz CT molecular complexity index is 1060. The zero-order valence-electron chi connectivity index (χ0n) is 14.2. The minimum atomic E-state index is -0.00748. The van der Waals surface area contributed by atoms with Crippen LogP contribution in [0.1, 0.15) is 29.0 Å². The smallest absolute Gasteiger partial charge is 0.261 e. The number of amides is 1. The minimum absolute atomic E-state index is 0.00369. The monoisotopic (exact) mass is 346 g/mol. The summed E-state index contributed by atoms with van der Waals surface area (Å²) in [6.07, 6.45) is 5.74. The lowest BCUT2D eigenvalue weighted by Gasteiger charge is -2.27. The molecular weight excluding hydrogens is 328 g/mol. The van der Waals surface area contributed by atoms with Gasteiger partial charge in [0.1, 0.15) is 5.82 Å². The molecule has 1 aromatic carbocycles. The van der Waals surface area contributed by atoms with Gasteiger partial charge in [-0.25, -0.2) is 4.98 Å². The lowest BCUT2D eigenvalue weighted by molar-refractivity contribution is 0.0665. The summed E-state index contributed by atoms with van der Waals surface area (Å²) in [4.78, 5) is 36.8. The van der Waals surface area contributed by atoms with Crippen LogP contribution in [0.25, 0.3) is 10.9 Å². The van der Waals surface area contributed by atoms with E-state index in [2.05, 4.69) is 4.98 Å². The van der Waals surface area contributed by atoms with E-state index in [0.29, 0.717) is 23.9 Å². The van der Waals surface area contributed by atoms with E-state index in [9.17, 15) is 9.59 Å². The molecule has 3 aromatic rings. The highest BCUT2D eigenvalue weighted by atomic mass is 16.2. The van der Waals surface area contributed by atoms with Gasteiger partial charge in [-0.3, -0.25) is 19.1 Å². The van der Waals surface area contributed by atoms with Gasteiger partial charge in [-0.2, -0.15) is 0 Å². The summed E-state index contributed by atoms with van der Waals surface area (Å²) < 4.78 is 1.77. The summed E-state index contributed by atoms with van der Waals surface area (Å²) in [5.41, 5.74) is 1.32. The number of carbonyl (C=O) groups excluding carboxylic acids is 1. The van der Waals surface area contributed by atoms with Crippen LogP contribution in [0.4, 0.5) is 0 Å². The molecule has 130 valence electrons. The van der Waals surface area contributed by atoms with E-state index in [1.165, 1.54) is 0 Å². The highest BCUT2D eigenvalue weighted by molar-refractivity contribution is 5.94. The average molecular weight is 346 g/mol. The average Bonchev–Trinajstić information content (AvgIpc) is 2.98. The number of nitrogens with zero attached hydrogens (tertiary/aromatic N) is 4. The highest BCUT2D eigenvalue weighted by Crippen LogP contribution is 2.32. The fraction of sp³-hybridized carbons (Fsp3) is 0.300. The second-order valence-electron chi connectivity index (χ2n) is 7.00. The Labute approximate surface area is 150 Å². The Hall–Kier alpha value is -3.02. The number of rotatable bonds is 1. The summed E-state index contributed by atoms with van der Waals surface area (Å²) >= 11 is 0. The maximum absolute atomic E-state index is 13.1. The molecule has 1 amide bonds. The van der Waals surface area contributed by atoms with Crippen molar-refractivity contribution in [3.63, 3.8) is 0 Å². The molecule has 0 spiro atoms. The van der Waals surface area contributed by atoms with Gasteiger partial charge in [-0.05, 0) is 37.1 Å². The van der Waals surface area contributed by atoms with Crippen LogP contribution in [-0.2, 0) is 13.0 Å². The zero-order chi connectivity index (χ0) is 17.7. The van der Waals surface area contributed by atoms with Crippen molar-refractivity contribution < 1.29 is 4.79 Å². The van der Waals surface area contributed by atoms with Crippen molar-refractivity contribution in [2.24, 2.45) is 0 Å². The molecule has 6 nitrogen and oxygen atoms in total. The molecule has 0 unspecified atom stereocenters. The molecule has 2 aliphatic heterocycles. The van der Waals surface area contributed by atoms with Crippen LogP contribution >= 0.6 is 0 Å². The van der Waals surface area contributed by atoms with Gasteiger partial charge >= 0.3 is 0 Å². The van der Waals surface area contributed by atoms with Gasteiger partial charge in [0, 0.05) is 31.4 Å². The fourth-order valence-corrected chi connectivity index (χ4v) is 4.29. The van der Waals surface area contributed by atoms with Gasteiger partial charge in [0.25, 0.3) is 11.5 Å². The molecule has 26 heavy (non-hydrogen) atoms. The SMILES string of the molecule is O=C(c1cccnc1)N1[C@@H]2CC[C@@H]1Cn1c(nc3ccccc3c1=O)C2. The largest absolute Gasteiger partial charge is 0.330 e. The molecule has 0 saturated carbocycles. The van der Waals surface area contributed by atoms with Crippen molar-refractivity contribution in [1.82, 2.24) is 19.4 Å². The van der Waals surface area contributed by atoms with Crippen molar-refractivity contribution in [2.75, 3.05) is 0 Å². The topological polar surface area (TPSA) is 68.1 Å². The molecule has 1 saturated heterocycles. The molecule has 0 radical (unpaired) electrons. The van der Waals surface area contributed by atoms with E-state index in [0.717, 1.165) is 24.2 Å². The number of pyridine rings is 1. The number of aromatic nitrogens is 3. The fourth-order valence-electron chi connectivity index (χ4n) is 4.29. The van der Waals surface area contributed by atoms with E-state index >= 15 is 0 Å². The molecule has 2 atom stereocenters. The van der Waals surface area contributed by atoms with E-state index in [-0.39, 0.29) is 23.6 Å². The molecule has 0 N–H and O–H groups in total. The lowest BCUT2D eigenvalue weighted by Crippen LogP contribution is -2.42. The highest BCUT2D eigenvalue weighted by Gasteiger charge is 2.41. The summed E-state index contributed by atoms with van der Waals surface area (Å²) in [6.45, 7) is 0.508. The third-order valence-electron chi connectivity index (χ3n) is 5.52. The molecular formula is C20H18N4O2. The van der Waals surface area contributed by atoms with Crippen molar-refractivity contribution in [1.29, 1.82) is 0 Å². The standard InChI is InChI=1S/C20H18N4O2/c25-19(13-4-3-9-21-11-13)24-14-7-8-15(24)12-23-18(10-14)22-17-6-2-1-5-16(17)20(23)26/h1-6,9,11,14-15H,7-8,10,12H2/t14-,15-/m1/s1. The van der Waals surface area contributed by atoms with Crippen LogP contribution in [0.2, 0.25) is 0 Å². The maximum Gasteiger partial charge on any atom is 0.261 e. The number of para-hydroxylation sites is 1. The summed E-state index contributed by atoms with van der Waals surface area (Å²) in [7, 11) is 0. The molecule has 2 aromatic heterocycles. The van der Waals surface area contributed by atoms with Crippen molar-refractivity contribution in [3.05, 3.63) is 70.5 Å². The van der Waals surface area contributed by atoms with Crippen molar-refractivity contribution in [3.8, 4) is 0 Å². The van der Waals surface area contributed by atoms with Gasteiger partial charge in [0.2, 0.25) is 0 Å². The molecule has 6 heteroatoms. The maximum atomic E-state index is 13.1. The van der Waals surface area contributed by atoms with Crippen LogP contribution in [0.3, 0.4) is 0 Å². The lowest BCUT2D eigenvalue weighted by atomic mass is 10.1. The second-order valence-corrected chi connectivity index (χ2v) is 7.00. The number of benzene rings is 1. The first-order valence-electron chi connectivity index (χ1n) is 8.93. The van der Waals surface area contributed by atoms with Gasteiger partial charge in [0.05, 0.1) is 22.5 Å². The summed E-state index contributed by atoms with van der Waals surface area (Å²) in [5, 5.41) is 0.638. The molecule has 2 aliphatic rings. The van der Waals surface area contributed by atoms with Gasteiger partial charge in [-0.15, -0.1) is 0 Å². The Balaban J connectivity index is 1.59. The molecule has 4 heterocycles. The van der Waals surface area contributed by atoms with E-state index in [1.807, 2.05) is 29.2 Å². The molecule has 2 bridgehead atoms. The molecule has 0 aliphatic carbocycles. The Kier molecular flexibility index (Phi) is 3.38. The van der Waals surface area contributed by atoms with Crippen molar-refractivity contribution in [2.45, 2.75) is 37.9 Å². The first-order chi connectivity index (χ1) is 12.7. The zero-order valence-corrected chi connectivity index (χ0v) is 14.2. The third kappa shape index (κ3) is 2.25. The first-order valence-corrected chi connectivity index (χ1v) is 8.93. The Morgan fingerprint density at radius 1 is 1.08 bits per heavy atom. The predicted molar refractivity (Wildman–Crippen MR) is 96.9 cm³/mol. The van der Waals surface area contributed by atoms with Gasteiger partial charge in [-0.1, -0.05) is 12.1 Å². The van der Waals surface area contributed by atoms with E-state index < -0.39 is 0 Å². The number of fused-ring (bicyclic) bond motifs is 4. The molecule has 5 rings (SSSR count). The summed E-state index contributed by atoms with van der Waals surface area (Å²) in [6, 6.07) is 11.1. The summed E-state index contributed by atoms with van der Waals surface area (Å²) in [5.74, 6) is 0.779. The third-order valence-corrected chi connectivity index (χ3v) is 5.52. The minimum Gasteiger partial charge on any atom is -0.330 e. The Morgan fingerprint density at radius 2 is 1.92 bits per heavy atom. The Morgan fingerprint density at radius 3 is 2.77 bits per heavy atom.